The van der Waals surface area contributed by atoms with Gasteiger partial charge in [-0.05, 0) is 124 Å². The maximum atomic E-state index is 5.87. The molecule has 0 aromatic heterocycles. The van der Waals surface area contributed by atoms with E-state index in [4.69, 9.17) is 9.47 Å². The van der Waals surface area contributed by atoms with Crippen molar-refractivity contribution in [1.29, 1.82) is 0 Å². The van der Waals surface area contributed by atoms with Gasteiger partial charge in [0, 0.05) is 8.95 Å². The van der Waals surface area contributed by atoms with Crippen LogP contribution in [0.4, 0.5) is 0 Å². The van der Waals surface area contributed by atoms with Gasteiger partial charge < -0.3 is 9.47 Å². The minimum absolute atomic E-state index is 0.382. The van der Waals surface area contributed by atoms with Crippen LogP contribution in [0.25, 0.3) is 0 Å². The molecule has 0 aliphatic rings. The number of benzene rings is 2. The summed E-state index contributed by atoms with van der Waals surface area (Å²) >= 11 is 28.0. The van der Waals surface area contributed by atoms with Crippen LogP contribution in [-0.4, -0.2) is 13.2 Å². The number of hydrogen-bond donors (Lipinski definition) is 0. The van der Waals surface area contributed by atoms with Crippen LogP contribution >= 0.6 is 127 Å². The molecule has 0 spiro atoms. The molecule has 0 fully saturated rings. The molecule has 0 heterocycles. The Morgan fingerprint density at radius 1 is 0.542 bits per heavy atom. The Hall–Kier alpha value is 1.88. The lowest BCUT2D eigenvalue weighted by atomic mass is 10.3. The molecule has 0 unspecified atom stereocenters. The molecule has 24 heavy (non-hydrogen) atoms. The monoisotopic (exact) mass is 837 g/mol. The van der Waals surface area contributed by atoms with Gasteiger partial charge in [-0.3, -0.25) is 0 Å². The molecule has 0 aliphatic carbocycles. The Balaban J connectivity index is 2.06. The molecule has 2 nitrogen and oxygen atoms in total. The molecule has 2 aromatic rings. The lowest BCUT2D eigenvalue weighted by molar-refractivity contribution is 0.213. The first-order chi connectivity index (χ1) is 11.2. The van der Waals surface area contributed by atoms with Crippen molar-refractivity contribution in [3.63, 3.8) is 0 Å². The van der Waals surface area contributed by atoms with Crippen LogP contribution in [0.15, 0.2) is 47.9 Å². The van der Waals surface area contributed by atoms with E-state index in [9.17, 15) is 0 Å². The summed E-state index contributed by atoms with van der Waals surface area (Å²) in [7, 11) is 0. The Morgan fingerprint density at radius 3 is 1.38 bits per heavy atom. The molecular formula is C14H6Br8O2. The fourth-order valence-electron chi connectivity index (χ4n) is 1.67. The summed E-state index contributed by atoms with van der Waals surface area (Å²) in [6.45, 7) is 0.773. The Labute approximate surface area is 206 Å². The highest BCUT2D eigenvalue weighted by Gasteiger charge is 2.19. The zero-order chi connectivity index (χ0) is 18.0. The van der Waals surface area contributed by atoms with Gasteiger partial charge in [-0.2, -0.15) is 0 Å². The van der Waals surface area contributed by atoms with Gasteiger partial charge in [-0.15, -0.1) is 0 Å². The highest BCUT2D eigenvalue weighted by atomic mass is 79.9. The Morgan fingerprint density at radius 2 is 0.917 bits per heavy atom. The summed E-state index contributed by atoms with van der Waals surface area (Å²) in [6.07, 6.45) is 0. The van der Waals surface area contributed by atoms with Crippen molar-refractivity contribution in [2.75, 3.05) is 13.2 Å². The van der Waals surface area contributed by atoms with Gasteiger partial charge in [0.2, 0.25) is 0 Å². The average molecular weight is 845 g/mol. The van der Waals surface area contributed by atoms with Gasteiger partial charge in [-0.25, -0.2) is 0 Å². The molecule has 0 atom stereocenters. The normalized spacial score (nSPS) is 10.8. The molecular weight excluding hydrogens is 839 g/mol. The molecule has 0 saturated heterocycles. The van der Waals surface area contributed by atoms with Crippen LogP contribution in [0, 0.1) is 0 Å². The molecule has 0 amide bonds. The van der Waals surface area contributed by atoms with E-state index in [1.165, 1.54) is 0 Å². The van der Waals surface area contributed by atoms with E-state index >= 15 is 0 Å². The Kier molecular flexibility index (Phi) is 9.13. The largest absolute Gasteiger partial charge is 0.488 e. The summed E-state index contributed by atoms with van der Waals surface area (Å²) in [5.74, 6) is 1.42. The van der Waals surface area contributed by atoms with Crippen molar-refractivity contribution < 1.29 is 9.47 Å². The van der Waals surface area contributed by atoms with E-state index in [0.29, 0.717) is 19.0 Å². The van der Waals surface area contributed by atoms with Crippen molar-refractivity contribution >= 4 is 127 Å². The van der Waals surface area contributed by atoms with Gasteiger partial charge >= 0.3 is 0 Å². The molecule has 10 heteroatoms. The first kappa shape index (κ1) is 22.2. The van der Waals surface area contributed by atoms with Crippen LogP contribution in [-0.2, 0) is 0 Å². The summed E-state index contributed by atoms with van der Waals surface area (Å²) in [4.78, 5) is 0. The number of hydrogen-bond acceptors (Lipinski definition) is 2. The zero-order valence-electron chi connectivity index (χ0n) is 11.4. The van der Waals surface area contributed by atoms with E-state index in [0.717, 1.165) is 41.5 Å². The number of rotatable bonds is 5. The first-order valence-electron chi connectivity index (χ1n) is 6.15. The fourth-order valence-corrected chi connectivity index (χ4v) is 7.39. The zero-order valence-corrected chi connectivity index (χ0v) is 24.1. The quantitative estimate of drug-likeness (QED) is 0.170. The molecule has 0 radical (unpaired) electrons. The van der Waals surface area contributed by atoms with Gasteiger partial charge in [-0.1, -0.05) is 15.9 Å². The molecule has 130 valence electrons. The first-order valence-corrected chi connectivity index (χ1v) is 12.5. The second kappa shape index (κ2) is 9.89. The van der Waals surface area contributed by atoms with Crippen molar-refractivity contribution in [1.82, 2.24) is 0 Å². The van der Waals surface area contributed by atoms with E-state index in [1.54, 1.807) is 0 Å². The molecule has 0 N–H and O–H groups in total. The van der Waals surface area contributed by atoms with E-state index in [1.807, 2.05) is 12.1 Å². The molecule has 0 aliphatic heterocycles. The maximum Gasteiger partial charge on any atom is 0.150 e. The van der Waals surface area contributed by atoms with Gasteiger partial charge in [0.15, 0.2) is 0 Å². The lowest BCUT2D eigenvalue weighted by Crippen LogP contribution is -2.10. The summed E-state index contributed by atoms with van der Waals surface area (Å²) in [5, 5.41) is 0. The maximum absolute atomic E-state index is 5.87. The molecule has 2 aromatic carbocycles. The van der Waals surface area contributed by atoms with Crippen molar-refractivity contribution in [2.24, 2.45) is 0 Å². The van der Waals surface area contributed by atoms with Crippen LogP contribution in [0.3, 0.4) is 0 Å². The van der Waals surface area contributed by atoms with Crippen molar-refractivity contribution in [3.05, 3.63) is 47.9 Å². The third kappa shape index (κ3) is 5.23. The van der Waals surface area contributed by atoms with Gasteiger partial charge in [0.25, 0.3) is 0 Å². The van der Waals surface area contributed by atoms with E-state index in [2.05, 4.69) is 127 Å². The smallest absolute Gasteiger partial charge is 0.150 e. The predicted octanol–water partition coefficient (Wildman–Crippen LogP) is 9.24. The van der Waals surface area contributed by atoms with Crippen molar-refractivity contribution in [2.45, 2.75) is 0 Å². The molecule has 2 rings (SSSR count). The molecule has 0 bridgehead atoms. The molecule has 0 saturated carbocycles. The second-order valence-corrected chi connectivity index (χ2v) is 10.9. The van der Waals surface area contributed by atoms with Crippen molar-refractivity contribution in [3.8, 4) is 11.5 Å². The van der Waals surface area contributed by atoms with Crippen LogP contribution in [0.5, 0.6) is 11.5 Å². The third-order valence-electron chi connectivity index (χ3n) is 2.71. The van der Waals surface area contributed by atoms with Crippen LogP contribution < -0.4 is 9.47 Å². The fraction of sp³-hybridized carbons (Fsp3) is 0.143. The predicted molar refractivity (Wildman–Crippen MR) is 125 cm³/mol. The standard InChI is InChI=1S/C14H6Br8O2/c15-5-3-6(16)13(7(17)4-5)23-1-2-24-14-11(21)9(19)8(18)10(20)12(14)22/h3-4H,1-2H2. The minimum Gasteiger partial charge on any atom is -0.488 e. The highest BCUT2D eigenvalue weighted by molar-refractivity contribution is 9.16. The van der Waals surface area contributed by atoms with Gasteiger partial charge in [0.05, 0.1) is 26.8 Å². The number of halogens is 8. The van der Waals surface area contributed by atoms with Gasteiger partial charge in [0.1, 0.15) is 24.7 Å². The SMILES string of the molecule is Brc1cc(Br)c(OCCOc2c(Br)c(Br)c(Br)c(Br)c2Br)c(Br)c1. The lowest BCUT2D eigenvalue weighted by Gasteiger charge is -2.16. The van der Waals surface area contributed by atoms with E-state index in [-0.39, 0.29) is 0 Å². The second-order valence-electron chi connectivity index (χ2n) is 4.29. The van der Waals surface area contributed by atoms with Crippen LogP contribution in [0.1, 0.15) is 0 Å². The van der Waals surface area contributed by atoms with E-state index < -0.39 is 0 Å². The third-order valence-corrected chi connectivity index (χ3v) is 10.4. The summed E-state index contributed by atoms with van der Waals surface area (Å²) < 4.78 is 18.6. The van der Waals surface area contributed by atoms with Crippen LogP contribution in [0.2, 0.25) is 0 Å². The minimum atomic E-state index is 0.382. The Bertz CT molecular complexity index is 726. The topological polar surface area (TPSA) is 18.5 Å². The number of ether oxygens (including phenoxy) is 2. The highest BCUT2D eigenvalue weighted by Crippen LogP contribution is 2.48. The summed E-state index contributed by atoms with van der Waals surface area (Å²) in [5.41, 5.74) is 0. The summed E-state index contributed by atoms with van der Waals surface area (Å²) in [6, 6.07) is 3.86. The average Bonchev–Trinajstić information content (AvgIpc) is 2.52.